The minimum atomic E-state index is -0.175. The highest BCUT2D eigenvalue weighted by Crippen LogP contribution is 2.57. The number of fused-ring (bicyclic) bond motifs is 2. The van der Waals surface area contributed by atoms with Gasteiger partial charge in [-0.2, -0.15) is 0 Å². The molecule has 3 aliphatic rings. The quantitative estimate of drug-likeness (QED) is 0.891. The second kappa shape index (κ2) is 6.51. The van der Waals surface area contributed by atoms with E-state index in [9.17, 15) is 4.79 Å². The van der Waals surface area contributed by atoms with Gasteiger partial charge in [0.25, 0.3) is 0 Å². The summed E-state index contributed by atoms with van der Waals surface area (Å²) in [6, 6.07) is 11.1. The van der Waals surface area contributed by atoms with Gasteiger partial charge in [0.05, 0.1) is 5.41 Å². The maximum atomic E-state index is 13.4. The van der Waals surface area contributed by atoms with Crippen LogP contribution in [-0.4, -0.2) is 18.0 Å². The molecule has 3 fully saturated rings. The van der Waals surface area contributed by atoms with Crippen molar-refractivity contribution in [2.45, 2.75) is 69.9 Å². The zero-order valence-corrected chi connectivity index (χ0v) is 14.5. The number of carbonyl (C=O) groups excluding carboxylic acids is 1. The fourth-order valence-electron chi connectivity index (χ4n) is 5.67. The van der Waals surface area contributed by atoms with Gasteiger partial charge >= 0.3 is 0 Å². The third kappa shape index (κ3) is 2.99. The molecule has 1 aromatic rings. The standard InChI is InChI=1S/C21H30N2O/c22-18-7-4-8-19(12-18)23-20(24)21(13-15-5-2-1-3-6-15)14-16-9-10-17(21)11-16/h1-3,5-6,16-19H,4,7-14,22H2,(H,23,24). The molecule has 24 heavy (non-hydrogen) atoms. The van der Waals surface area contributed by atoms with Gasteiger partial charge < -0.3 is 11.1 Å². The number of nitrogens with one attached hydrogen (secondary N) is 1. The summed E-state index contributed by atoms with van der Waals surface area (Å²) in [5, 5.41) is 3.42. The molecular weight excluding hydrogens is 296 g/mol. The van der Waals surface area contributed by atoms with Gasteiger partial charge in [0.15, 0.2) is 0 Å². The number of benzene rings is 1. The van der Waals surface area contributed by atoms with Gasteiger partial charge in [-0.05, 0) is 68.8 Å². The molecule has 0 aromatic heterocycles. The molecule has 3 saturated carbocycles. The Kier molecular flexibility index (Phi) is 4.38. The van der Waals surface area contributed by atoms with E-state index in [2.05, 4.69) is 35.6 Å². The van der Waals surface area contributed by atoms with Crippen molar-refractivity contribution >= 4 is 5.91 Å². The minimum absolute atomic E-state index is 0.175. The smallest absolute Gasteiger partial charge is 0.227 e. The first-order valence-electron chi connectivity index (χ1n) is 9.76. The lowest BCUT2D eigenvalue weighted by atomic mass is 9.68. The average Bonchev–Trinajstić information content (AvgIpc) is 3.17. The molecule has 3 nitrogen and oxygen atoms in total. The first-order chi connectivity index (χ1) is 11.7. The van der Waals surface area contributed by atoms with E-state index < -0.39 is 0 Å². The van der Waals surface area contributed by atoms with E-state index in [1.54, 1.807) is 0 Å². The Morgan fingerprint density at radius 3 is 2.62 bits per heavy atom. The number of carbonyl (C=O) groups is 1. The van der Waals surface area contributed by atoms with Crippen molar-refractivity contribution in [3.63, 3.8) is 0 Å². The van der Waals surface area contributed by atoms with E-state index >= 15 is 0 Å². The van der Waals surface area contributed by atoms with Crippen LogP contribution >= 0.6 is 0 Å². The van der Waals surface area contributed by atoms with Crippen LogP contribution in [0.4, 0.5) is 0 Å². The maximum absolute atomic E-state index is 13.4. The highest BCUT2D eigenvalue weighted by molar-refractivity contribution is 5.84. The fourth-order valence-corrected chi connectivity index (χ4v) is 5.67. The minimum Gasteiger partial charge on any atom is -0.353 e. The summed E-state index contributed by atoms with van der Waals surface area (Å²) in [5.74, 6) is 1.65. The highest BCUT2D eigenvalue weighted by atomic mass is 16.2. The topological polar surface area (TPSA) is 55.1 Å². The molecule has 3 aliphatic carbocycles. The van der Waals surface area contributed by atoms with Crippen molar-refractivity contribution in [3.8, 4) is 0 Å². The van der Waals surface area contributed by atoms with Crippen LogP contribution in [0.25, 0.3) is 0 Å². The lowest BCUT2D eigenvalue weighted by Crippen LogP contribution is -2.51. The second-order valence-electron chi connectivity index (χ2n) is 8.50. The number of hydrogen-bond donors (Lipinski definition) is 2. The molecule has 0 saturated heterocycles. The van der Waals surface area contributed by atoms with Crippen molar-refractivity contribution < 1.29 is 4.79 Å². The highest BCUT2D eigenvalue weighted by Gasteiger charge is 2.55. The lowest BCUT2D eigenvalue weighted by molar-refractivity contribution is -0.135. The van der Waals surface area contributed by atoms with Crippen molar-refractivity contribution in [2.24, 2.45) is 23.0 Å². The number of rotatable bonds is 4. The van der Waals surface area contributed by atoms with Crippen LogP contribution in [0, 0.1) is 17.3 Å². The van der Waals surface area contributed by atoms with Gasteiger partial charge in [-0.1, -0.05) is 36.8 Å². The molecule has 5 atom stereocenters. The zero-order chi connectivity index (χ0) is 16.6. The first-order valence-corrected chi connectivity index (χ1v) is 9.76. The SMILES string of the molecule is NC1CCCC(NC(=O)C2(Cc3ccccc3)CC3CCC2C3)C1. The van der Waals surface area contributed by atoms with E-state index in [0.717, 1.165) is 44.4 Å². The average molecular weight is 326 g/mol. The summed E-state index contributed by atoms with van der Waals surface area (Å²) in [6.45, 7) is 0. The molecule has 0 spiro atoms. The van der Waals surface area contributed by atoms with Crippen LogP contribution < -0.4 is 11.1 Å². The van der Waals surface area contributed by atoms with Crippen LogP contribution in [0.2, 0.25) is 0 Å². The van der Waals surface area contributed by atoms with Gasteiger partial charge in [-0.25, -0.2) is 0 Å². The predicted octanol–water partition coefficient (Wildman–Crippen LogP) is 3.42. The normalized spacial score (nSPS) is 38.2. The lowest BCUT2D eigenvalue weighted by Gasteiger charge is -2.39. The summed E-state index contributed by atoms with van der Waals surface area (Å²) < 4.78 is 0. The molecular formula is C21H30N2O. The van der Waals surface area contributed by atoms with Crippen molar-refractivity contribution in [2.75, 3.05) is 0 Å². The number of nitrogens with two attached hydrogens (primary N) is 1. The van der Waals surface area contributed by atoms with Gasteiger partial charge in [0.1, 0.15) is 0 Å². The van der Waals surface area contributed by atoms with Crippen molar-refractivity contribution in [1.82, 2.24) is 5.32 Å². The monoisotopic (exact) mass is 326 g/mol. The molecule has 5 unspecified atom stereocenters. The molecule has 1 amide bonds. The number of amides is 1. The van der Waals surface area contributed by atoms with Crippen LogP contribution in [0.15, 0.2) is 30.3 Å². The summed E-state index contributed by atoms with van der Waals surface area (Å²) >= 11 is 0. The first kappa shape index (κ1) is 16.1. The Hall–Kier alpha value is -1.35. The summed E-state index contributed by atoms with van der Waals surface area (Å²) in [5.41, 5.74) is 7.25. The molecule has 3 heteroatoms. The molecule has 0 heterocycles. The van der Waals surface area contributed by atoms with Crippen LogP contribution in [0.5, 0.6) is 0 Å². The Labute approximate surface area is 145 Å². The van der Waals surface area contributed by atoms with E-state index in [4.69, 9.17) is 5.73 Å². The molecule has 2 bridgehead atoms. The molecule has 3 N–H and O–H groups in total. The van der Waals surface area contributed by atoms with Crippen LogP contribution in [-0.2, 0) is 11.2 Å². The van der Waals surface area contributed by atoms with Gasteiger partial charge in [0, 0.05) is 12.1 Å². The Balaban J connectivity index is 1.53. The van der Waals surface area contributed by atoms with Crippen molar-refractivity contribution in [3.05, 3.63) is 35.9 Å². The summed E-state index contributed by atoms with van der Waals surface area (Å²) in [4.78, 5) is 13.4. The van der Waals surface area contributed by atoms with Crippen LogP contribution in [0.1, 0.15) is 56.9 Å². The van der Waals surface area contributed by atoms with E-state index in [1.165, 1.54) is 24.8 Å². The molecule has 4 rings (SSSR count). The van der Waals surface area contributed by atoms with Gasteiger partial charge in [-0.3, -0.25) is 4.79 Å². The zero-order valence-electron chi connectivity index (χ0n) is 14.5. The fraction of sp³-hybridized carbons (Fsp3) is 0.667. The third-order valence-electron chi connectivity index (χ3n) is 6.84. The number of hydrogen-bond acceptors (Lipinski definition) is 2. The Morgan fingerprint density at radius 2 is 1.96 bits per heavy atom. The predicted molar refractivity (Wildman–Crippen MR) is 96.4 cm³/mol. The Morgan fingerprint density at radius 1 is 1.12 bits per heavy atom. The molecule has 1 aromatic carbocycles. The largest absolute Gasteiger partial charge is 0.353 e. The summed E-state index contributed by atoms with van der Waals surface area (Å²) in [7, 11) is 0. The van der Waals surface area contributed by atoms with E-state index in [1.807, 2.05) is 0 Å². The summed E-state index contributed by atoms with van der Waals surface area (Å²) in [6.07, 6.45) is 10.1. The van der Waals surface area contributed by atoms with Gasteiger partial charge in [-0.15, -0.1) is 0 Å². The second-order valence-corrected chi connectivity index (χ2v) is 8.50. The van der Waals surface area contributed by atoms with Crippen molar-refractivity contribution in [1.29, 1.82) is 0 Å². The van der Waals surface area contributed by atoms with Crippen LogP contribution in [0.3, 0.4) is 0 Å². The van der Waals surface area contributed by atoms with E-state index in [0.29, 0.717) is 11.8 Å². The van der Waals surface area contributed by atoms with E-state index in [-0.39, 0.29) is 17.5 Å². The third-order valence-corrected chi connectivity index (χ3v) is 6.84. The molecule has 0 radical (unpaired) electrons. The molecule has 0 aliphatic heterocycles. The Bertz CT molecular complexity index is 587. The van der Waals surface area contributed by atoms with Gasteiger partial charge in [0.2, 0.25) is 5.91 Å². The maximum Gasteiger partial charge on any atom is 0.227 e. The molecule has 130 valence electrons.